The Labute approximate surface area is 237 Å². The van der Waals surface area contributed by atoms with Crippen LogP contribution in [0.2, 0.25) is 0 Å². The Bertz CT molecular complexity index is 1600. The molecule has 9 nitrogen and oxygen atoms in total. The lowest BCUT2D eigenvalue weighted by molar-refractivity contribution is 0.109. The molecule has 0 spiro atoms. The quantitative estimate of drug-likeness (QED) is 0.252. The molecule has 210 valence electrons. The molecule has 2 fully saturated rings. The molecule has 3 aromatic heterocycles. The van der Waals surface area contributed by atoms with Crippen LogP contribution in [-0.4, -0.2) is 46.5 Å². The van der Waals surface area contributed by atoms with Gasteiger partial charge in [-0.3, -0.25) is 0 Å². The number of fused-ring (bicyclic) bond motifs is 1. The molecule has 6 rings (SSSR count). The monoisotopic (exact) mass is 579 g/mol. The summed E-state index contributed by atoms with van der Waals surface area (Å²) in [7, 11) is -3.47. The first kappa shape index (κ1) is 26.8. The van der Waals surface area contributed by atoms with Crippen molar-refractivity contribution in [2.24, 2.45) is 0 Å². The number of aromatic nitrogens is 3. The number of alkyl carbamates (subject to hydrolysis) is 1. The Kier molecular flexibility index (Phi) is 7.26. The third kappa shape index (κ3) is 5.71. The largest absolute Gasteiger partial charge is 0.447 e. The molecule has 0 saturated heterocycles. The molecule has 0 aliphatic heterocycles. The predicted octanol–water partition coefficient (Wildman–Crippen LogP) is 6.30. The molecule has 0 unspecified atom stereocenters. The van der Waals surface area contributed by atoms with Crippen LogP contribution in [0.15, 0.2) is 59.8 Å². The molecule has 1 aromatic carbocycles. The summed E-state index contributed by atoms with van der Waals surface area (Å²) in [5.41, 5.74) is 2.32. The van der Waals surface area contributed by atoms with Gasteiger partial charge in [0.1, 0.15) is 0 Å². The van der Waals surface area contributed by atoms with Crippen LogP contribution >= 0.6 is 11.3 Å². The van der Waals surface area contributed by atoms with Gasteiger partial charge < -0.3 is 15.4 Å². The van der Waals surface area contributed by atoms with Crippen LogP contribution in [-0.2, 0) is 14.6 Å². The summed E-state index contributed by atoms with van der Waals surface area (Å²) in [6.45, 7) is 3.67. The average Bonchev–Trinajstić information content (AvgIpc) is 3.54. The van der Waals surface area contributed by atoms with Gasteiger partial charge >= 0.3 is 6.09 Å². The van der Waals surface area contributed by atoms with Gasteiger partial charge in [-0.1, -0.05) is 12.1 Å². The van der Waals surface area contributed by atoms with E-state index in [0.29, 0.717) is 34.8 Å². The average molecular weight is 580 g/mol. The van der Waals surface area contributed by atoms with Crippen molar-refractivity contribution in [3.05, 3.63) is 59.9 Å². The van der Waals surface area contributed by atoms with Gasteiger partial charge in [-0.15, -0.1) is 11.3 Å². The van der Waals surface area contributed by atoms with E-state index < -0.39 is 9.84 Å². The molecular weight excluding hydrogens is 546 g/mol. The summed E-state index contributed by atoms with van der Waals surface area (Å²) in [6.07, 6.45) is 8.11. The van der Waals surface area contributed by atoms with Crippen molar-refractivity contribution >= 4 is 44.3 Å². The second-order valence-corrected chi connectivity index (χ2v) is 14.1. The maximum Gasteiger partial charge on any atom is 0.407 e. The molecule has 40 heavy (non-hydrogen) atoms. The minimum Gasteiger partial charge on any atom is -0.447 e. The number of hydrogen-bond donors (Lipinski definition) is 2. The summed E-state index contributed by atoms with van der Waals surface area (Å²) >= 11 is 1.57. The summed E-state index contributed by atoms with van der Waals surface area (Å²) in [5.74, 6) is 0.939. The summed E-state index contributed by atoms with van der Waals surface area (Å²) in [4.78, 5) is 17.9. The highest BCUT2D eigenvalue weighted by Gasteiger charge is 2.39. The number of rotatable bonds is 8. The zero-order valence-corrected chi connectivity index (χ0v) is 24.2. The van der Waals surface area contributed by atoms with Gasteiger partial charge in [0, 0.05) is 41.7 Å². The van der Waals surface area contributed by atoms with E-state index in [1.165, 1.54) is 0 Å². The van der Waals surface area contributed by atoms with Crippen molar-refractivity contribution in [2.75, 3.05) is 5.32 Å². The van der Waals surface area contributed by atoms with Crippen LogP contribution in [0.1, 0.15) is 63.3 Å². The lowest BCUT2D eigenvalue weighted by Gasteiger charge is -2.28. The minimum atomic E-state index is -3.47. The van der Waals surface area contributed by atoms with E-state index in [0.717, 1.165) is 41.1 Å². The molecular formula is C29H33N5O4S2. The number of sulfone groups is 1. The van der Waals surface area contributed by atoms with Gasteiger partial charge in [0.05, 0.1) is 31.7 Å². The fourth-order valence-corrected chi connectivity index (χ4v) is 8.33. The number of nitrogens with zero attached hydrogens (tertiary/aromatic N) is 3. The lowest BCUT2D eigenvalue weighted by Crippen LogP contribution is -2.38. The van der Waals surface area contributed by atoms with Crippen molar-refractivity contribution in [1.29, 1.82) is 0 Å². The number of nitrogens with one attached hydrogen (secondary N) is 2. The van der Waals surface area contributed by atoms with Crippen molar-refractivity contribution in [2.45, 2.75) is 80.6 Å². The van der Waals surface area contributed by atoms with Crippen LogP contribution in [0, 0.1) is 0 Å². The van der Waals surface area contributed by atoms with Crippen molar-refractivity contribution in [1.82, 2.24) is 19.9 Å². The van der Waals surface area contributed by atoms with Crippen LogP contribution in [0.25, 0.3) is 16.0 Å². The smallest absolute Gasteiger partial charge is 0.407 e. The highest BCUT2D eigenvalue weighted by Crippen LogP contribution is 2.43. The van der Waals surface area contributed by atoms with E-state index in [9.17, 15) is 13.2 Å². The first-order valence-corrected chi connectivity index (χ1v) is 16.1. The van der Waals surface area contributed by atoms with Gasteiger partial charge in [0.25, 0.3) is 0 Å². The number of carbonyl (C=O) groups excluding carboxylic acids is 1. The molecule has 11 heteroatoms. The van der Waals surface area contributed by atoms with E-state index in [4.69, 9.17) is 9.72 Å². The third-order valence-corrected chi connectivity index (χ3v) is 10.9. The molecule has 4 aromatic rings. The number of hydrogen-bond acceptors (Lipinski definition) is 8. The molecule has 2 N–H and O–H groups in total. The number of pyridine rings is 1. The summed E-state index contributed by atoms with van der Waals surface area (Å²) in [5, 5.41) is 11.5. The van der Waals surface area contributed by atoms with Crippen LogP contribution in [0.4, 0.5) is 16.3 Å². The van der Waals surface area contributed by atoms with Crippen molar-refractivity contribution in [3.8, 4) is 10.4 Å². The molecule has 0 atom stereocenters. The van der Waals surface area contributed by atoms with E-state index in [1.54, 1.807) is 28.1 Å². The number of carbonyl (C=O) groups is 1. The fraction of sp³-hybridized carbons (Fsp3) is 0.414. The highest BCUT2D eigenvalue weighted by molar-refractivity contribution is 7.92. The van der Waals surface area contributed by atoms with Gasteiger partial charge in [-0.2, -0.15) is 5.10 Å². The lowest BCUT2D eigenvalue weighted by atomic mass is 9.86. The van der Waals surface area contributed by atoms with Gasteiger partial charge in [-0.05, 0) is 76.6 Å². The molecule has 0 radical (unpaired) electrons. The number of ether oxygens (including phenoxy) is 1. The molecule has 2 aliphatic rings. The van der Waals surface area contributed by atoms with Crippen molar-refractivity contribution in [3.63, 3.8) is 0 Å². The molecule has 2 aliphatic carbocycles. The van der Waals surface area contributed by atoms with E-state index in [2.05, 4.69) is 15.7 Å². The van der Waals surface area contributed by atoms with Gasteiger partial charge in [-0.25, -0.2) is 22.7 Å². The number of amides is 1. The Morgan fingerprint density at radius 3 is 2.60 bits per heavy atom. The maximum absolute atomic E-state index is 13.5. The Hall–Kier alpha value is -3.44. The van der Waals surface area contributed by atoms with Crippen molar-refractivity contribution < 1.29 is 17.9 Å². The van der Waals surface area contributed by atoms with Crippen LogP contribution in [0.3, 0.4) is 0 Å². The summed E-state index contributed by atoms with van der Waals surface area (Å²) < 4.78 is 34.0. The number of benzene rings is 1. The van der Waals surface area contributed by atoms with Crippen LogP contribution < -0.4 is 10.6 Å². The standard InChI is InChI=1S/C29H33N5O4S2/c1-18(2)38-29(35)32-20-8-6-19(7-9-20)28-30-17-25(39-28)24-13-10-21(15-26(24)40(36,37)23-11-12-23)31-27-16-22-5-3-4-14-34(22)33-27/h3-5,10,13-20,23H,6-9,11-12H2,1-2H3,(H,31,33)(H,32,35)/t19-,20-. The number of anilines is 2. The maximum atomic E-state index is 13.5. The van der Waals surface area contributed by atoms with E-state index in [-0.39, 0.29) is 29.4 Å². The Morgan fingerprint density at radius 1 is 1.07 bits per heavy atom. The normalized spacial score (nSPS) is 19.6. The molecule has 0 bridgehead atoms. The van der Waals surface area contributed by atoms with Gasteiger partial charge in [0.2, 0.25) is 0 Å². The SMILES string of the molecule is CC(C)OC(=O)N[C@H]1CC[C@H](c2ncc(-c3ccc(Nc4cc5ccccn5n4)cc3S(=O)(=O)C3CC3)s2)CC1. The minimum absolute atomic E-state index is 0.102. The zero-order chi connectivity index (χ0) is 27.9. The first-order valence-electron chi connectivity index (χ1n) is 13.8. The second-order valence-electron chi connectivity index (χ2n) is 10.9. The zero-order valence-electron chi connectivity index (χ0n) is 22.5. The first-order chi connectivity index (χ1) is 19.3. The Morgan fingerprint density at radius 2 is 1.88 bits per heavy atom. The second kappa shape index (κ2) is 10.9. The topological polar surface area (TPSA) is 115 Å². The third-order valence-electron chi connectivity index (χ3n) is 7.42. The van der Waals surface area contributed by atoms with Gasteiger partial charge in [0.15, 0.2) is 15.7 Å². The molecule has 3 heterocycles. The number of thiazole rings is 1. The highest BCUT2D eigenvalue weighted by atomic mass is 32.2. The fourth-order valence-electron chi connectivity index (χ4n) is 5.24. The van der Waals surface area contributed by atoms with E-state index in [1.807, 2.05) is 56.4 Å². The molecule has 2 saturated carbocycles. The Balaban J connectivity index is 1.21. The predicted molar refractivity (Wildman–Crippen MR) is 156 cm³/mol. The van der Waals surface area contributed by atoms with E-state index >= 15 is 0 Å². The van der Waals surface area contributed by atoms with Crippen LogP contribution in [0.5, 0.6) is 0 Å². The molecule has 1 amide bonds. The summed E-state index contributed by atoms with van der Waals surface area (Å²) in [6, 6.07) is 13.4.